The first-order valence-electron chi connectivity index (χ1n) is 1.87. The summed E-state index contributed by atoms with van der Waals surface area (Å²) in [6.45, 7) is 0. The molecule has 0 aromatic rings. The molecule has 0 aliphatic carbocycles. The molecule has 0 aliphatic rings. The highest BCUT2D eigenvalue weighted by Crippen LogP contribution is 2.88. The molecule has 0 heterocycles. The van der Waals surface area contributed by atoms with Crippen LogP contribution < -0.4 is 0 Å². The molecule has 10 heteroatoms. The molecule has 0 radical (unpaired) electrons. The molecule has 0 saturated carbocycles. The molecule has 0 unspecified atom stereocenters. The highest BCUT2D eigenvalue weighted by Gasteiger charge is 2.56. The third-order valence-electron chi connectivity index (χ3n) is 0.626. The monoisotopic (exact) mass is 316 g/mol. The molecule has 0 amide bonds. The lowest BCUT2D eigenvalue weighted by Gasteiger charge is -2.20. The molecule has 2 nitrogen and oxygen atoms in total. The van der Waals surface area contributed by atoms with Crippen LogP contribution in [0.25, 0.3) is 0 Å². The molecule has 0 atom stereocenters. The van der Waals surface area contributed by atoms with Crippen molar-refractivity contribution in [2.75, 3.05) is 0 Å². The first-order chi connectivity index (χ1) is 4.50. The SMILES string of the molecule is O=P(Cl)(Cl)C(Cl)(Cl)P(=O)(Cl)Cl. The number of hydrogen-bond acceptors (Lipinski definition) is 2. The minimum absolute atomic E-state index is 2.51. The Kier molecular flexibility index (Phi) is 4.50. The van der Waals surface area contributed by atoms with Crippen molar-refractivity contribution in [3.8, 4) is 0 Å². The zero-order valence-electron chi connectivity index (χ0n) is 4.48. The largest absolute Gasteiger partial charge is 0.297 e. The summed E-state index contributed by atoms with van der Waals surface area (Å²) >= 11 is 30.5. The lowest BCUT2D eigenvalue weighted by atomic mass is 11.8. The zero-order chi connectivity index (χ0) is 9.50. The van der Waals surface area contributed by atoms with Crippen molar-refractivity contribution in [2.24, 2.45) is 0 Å². The van der Waals surface area contributed by atoms with Crippen molar-refractivity contribution in [2.45, 2.75) is 3.82 Å². The second-order valence-electron chi connectivity index (χ2n) is 1.43. The Bertz CT molecular complexity index is 211. The van der Waals surface area contributed by atoms with E-state index in [0.717, 1.165) is 0 Å². The first-order valence-corrected chi connectivity index (χ1v) is 9.66. The number of alkyl halides is 2. The van der Waals surface area contributed by atoms with Crippen LogP contribution in [-0.4, -0.2) is 3.82 Å². The molecule has 0 aromatic heterocycles. The molecule has 0 saturated heterocycles. The van der Waals surface area contributed by atoms with Crippen molar-refractivity contribution in [3.05, 3.63) is 0 Å². The summed E-state index contributed by atoms with van der Waals surface area (Å²) in [6, 6.07) is 0. The van der Waals surface area contributed by atoms with Gasteiger partial charge in [-0.05, 0) is 45.0 Å². The molecule has 0 bridgehead atoms. The van der Waals surface area contributed by atoms with Crippen LogP contribution in [0.5, 0.6) is 0 Å². The fourth-order valence-corrected chi connectivity index (χ4v) is 6.45. The van der Waals surface area contributed by atoms with Crippen LogP contribution in [0.3, 0.4) is 0 Å². The van der Waals surface area contributed by atoms with Gasteiger partial charge in [0.1, 0.15) is 0 Å². The van der Waals surface area contributed by atoms with Gasteiger partial charge in [0.05, 0.1) is 0 Å². The van der Waals surface area contributed by atoms with E-state index >= 15 is 0 Å². The van der Waals surface area contributed by atoms with Gasteiger partial charge in [-0.2, -0.15) is 0 Å². The molecular weight excluding hydrogens is 319 g/mol. The molecule has 0 fully saturated rings. The maximum absolute atomic E-state index is 10.8. The minimum Gasteiger partial charge on any atom is -0.285 e. The van der Waals surface area contributed by atoms with E-state index in [9.17, 15) is 9.13 Å². The maximum Gasteiger partial charge on any atom is 0.297 e. The van der Waals surface area contributed by atoms with Gasteiger partial charge < -0.3 is 0 Å². The molecule has 0 aliphatic heterocycles. The van der Waals surface area contributed by atoms with Crippen molar-refractivity contribution < 1.29 is 9.13 Å². The first kappa shape index (κ1) is 13.2. The molecule has 0 rings (SSSR count). The third-order valence-corrected chi connectivity index (χ3v) is 13.0. The second kappa shape index (κ2) is 3.75. The topological polar surface area (TPSA) is 34.1 Å². The highest BCUT2D eigenvalue weighted by molar-refractivity contribution is 8.25. The van der Waals surface area contributed by atoms with Crippen molar-refractivity contribution in [1.29, 1.82) is 0 Å². The van der Waals surface area contributed by atoms with E-state index < -0.39 is 15.5 Å². The standard InChI is InChI=1S/CCl6O2P2/c2-1(3,10(4,5)8)11(6,7)9. The van der Waals surface area contributed by atoms with Crippen molar-refractivity contribution in [1.82, 2.24) is 0 Å². The molecule has 11 heavy (non-hydrogen) atoms. The second-order valence-corrected chi connectivity index (χ2v) is 14.1. The van der Waals surface area contributed by atoms with Gasteiger partial charge >= 0.3 is 0 Å². The summed E-state index contributed by atoms with van der Waals surface area (Å²) in [5, 5.41) is 0. The Morgan fingerprint density at radius 3 is 1.00 bits per heavy atom. The van der Waals surface area contributed by atoms with Gasteiger partial charge in [-0.1, -0.05) is 23.2 Å². The highest BCUT2D eigenvalue weighted by atomic mass is 35.9. The smallest absolute Gasteiger partial charge is 0.285 e. The molecule has 0 aromatic carbocycles. The Morgan fingerprint density at radius 1 is 0.818 bits per heavy atom. The molecule has 0 spiro atoms. The van der Waals surface area contributed by atoms with Gasteiger partial charge in [0, 0.05) is 0 Å². The van der Waals surface area contributed by atoms with Gasteiger partial charge in [-0.3, -0.25) is 9.13 Å². The Labute approximate surface area is 92.3 Å². The van der Waals surface area contributed by atoms with Crippen LogP contribution >= 0.6 is 79.9 Å². The van der Waals surface area contributed by atoms with E-state index in [1.54, 1.807) is 0 Å². The predicted molar refractivity (Wildman–Crippen MR) is 53.1 cm³/mol. The van der Waals surface area contributed by atoms with E-state index in [1.807, 2.05) is 0 Å². The zero-order valence-corrected chi connectivity index (χ0v) is 10.8. The van der Waals surface area contributed by atoms with Gasteiger partial charge in [0.15, 0.2) is 0 Å². The predicted octanol–water partition coefficient (Wildman–Crippen LogP) is 5.42. The summed E-state index contributed by atoms with van der Waals surface area (Å²) < 4.78 is 19.1. The van der Waals surface area contributed by atoms with E-state index in [2.05, 4.69) is 0 Å². The van der Waals surface area contributed by atoms with Gasteiger partial charge in [0.25, 0.3) is 15.5 Å². The summed E-state index contributed by atoms with van der Waals surface area (Å²) in [4.78, 5) is 0. The molecular formula is CCl6O2P2. The number of halogens is 6. The van der Waals surface area contributed by atoms with Crippen molar-refractivity contribution >= 4 is 79.9 Å². The maximum atomic E-state index is 10.8. The summed E-state index contributed by atoms with van der Waals surface area (Å²) in [6.07, 6.45) is 0. The quantitative estimate of drug-likeness (QED) is 0.503. The van der Waals surface area contributed by atoms with E-state index in [1.165, 1.54) is 0 Å². The van der Waals surface area contributed by atoms with Crippen molar-refractivity contribution in [3.63, 3.8) is 0 Å². The normalized spacial score (nSPS) is 15.1. The van der Waals surface area contributed by atoms with Gasteiger partial charge in [-0.15, -0.1) is 0 Å². The number of rotatable bonds is 2. The Morgan fingerprint density at radius 2 is 1.00 bits per heavy atom. The van der Waals surface area contributed by atoms with Crippen LogP contribution in [0.2, 0.25) is 0 Å². The van der Waals surface area contributed by atoms with Crippen LogP contribution in [0.4, 0.5) is 0 Å². The fourth-order valence-electron chi connectivity index (χ4n) is 0.136. The van der Waals surface area contributed by atoms with Crippen LogP contribution in [-0.2, 0) is 9.13 Å². The number of hydrogen-bond donors (Lipinski definition) is 0. The Balaban J connectivity index is 5.08. The lowest BCUT2D eigenvalue weighted by Crippen LogP contribution is -2.01. The van der Waals surface area contributed by atoms with Crippen LogP contribution in [0, 0.1) is 0 Å². The summed E-state index contributed by atoms with van der Waals surface area (Å²) in [5.41, 5.74) is 0. The van der Waals surface area contributed by atoms with Crippen LogP contribution in [0.1, 0.15) is 0 Å². The summed E-state index contributed by atoms with van der Waals surface area (Å²) in [7, 11) is 0. The molecule has 0 N–H and O–H groups in total. The minimum atomic E-state index is -4.04. The van der Waals surface area contributed by atoms with Gasteiger partial charge in [0.2, 0.25) is 0 Å². The summed E-state index contributed by atoms with van der Waals surface area (Å²) in [5.74, 6) is -8.08. The molecule has 68 valence electrons. The van der Waals surface area contributed by atoms with E-state index in [-0.39, 0.29) is 0 Å². The van der Waals surface area contributed by atoms with Crippen LogP contribution in [0.15, 0.2) is 0 Å². The van der Waals surface area contributed by atoms with Gasteiger partial charge in [-0.25, -0.2) is 0 Å². The van der Waals surface area contributed by atoms with E-state index in [4.69, 9.17) is 68.2 Å². The average Bonchev–Trinajstić information content (AvgIpc) is 1.58. The lowest BCUT2D eigenvalue weighted by molar-refractivity contribution is 0.584. The Hall–Kier alpha value is 2.20. The third kappa shape index (κ3) is 3.11. The van der Waals surface area contributed by atoms with E-state index in [0.29, 0.717) is 0 Å². The fraction of sp³-hybridized carbons (Fsp3) is 1.00. The average molecular weight is 319 g/mol.